The molecule has 2 aromatic rings. The highest BCUT2D eigenvalue weighted by Gasteiger charge is 2.17. The fourth-order valence-corrected chi connectivity index (χ4v) is 1.94. The largest absolute Gasteiger partial charge is 0.505 e. The van der Waals surface area contributed by atoms with Gasteiger partial charge in [0.25, 0.3) is 5.91 Å². The van der Waals surface area contributed by atoms with Crippen LogP contribution in [-0.4, -0.2) is 27.9 Å². The Hall–Kier alpha value is -2.56. The van der Waals surface area contributed by atoms with E-state index >= 15 is 0 Å². The number of para-hydroxylation sites is 1. The highest BCUT2D eigenvalue weighted by atomic mass is 16.3. The highest BCUT2D eigenvalue weighted by Crippen LogP contribution is 2.25. The Bertz CT molecular complexity index is 641. The molecule has 0 aliphatic rings. The van der Waals surface area contributed by atoms with Gasteiger partial charge < -0.3 is 15.7 Å². The van der Waals surface area contributed by atoms with Gasteiger partial charge in [-0.25, -0.2) is 0 Å². The van der Waals surface area contributed by atoms with Gasteiger partial charge in [-0.1, -0.05) is 12.1 Å². The number of pyridine rings is 1. The molecular formula is C15H17N3O2. The molecule has 5 heteroatoms. The summed E-state index contributed by atoms with van der Waals surface area (Å²) in [4.78, 5) is 18.1. The van der Waals surface area contributed by atoms with Crippen molar-refractivity contribution >= 4 is 11.6 Å². The van der Waals surface area contributed by atoms with Crippen molar-refractivity contribution in [2.75, 3.05) is 12.8 Å². The zero-order valence-corrected chi connectivity index (χ0v) is 11.5. The van der Waals surface area contributed by atoms with Crippen LogP contribution in [0.3, 0.4) is 0 Å². The van der Waals surface area contributed by atoms with E-state index < -0.39 is 0 Å². The lowest BCUT2D eigenvalue weighted by Gasteiger charge is -2.18. The number of nitrogens with zero attached hydrogens (tertiary/aromatic N) is 2. The average molecular weight is 271 g/mol. The van der Waals surface area contributed by atoms with Crippen LogP contribution in [0.15, 0.2) is 36.4 Å². The van der Waals surface area contributed by atoms with E-state index in [1.54, 1.807) is 25.2 Å². The van der Waals surface area contributed by atoms with E-state index in [2.05, 4.69) is 4.98 Å². The molecule has 1 heterocycles. The van der Waals surface area contributed by atoms with Gasteiger partial charge in [0, 0.05) is 12.7 Å². The lowest BCUT2D eigenvalue weighted by Crippen LogP contribution is -2.26. The smallest absolute Gasteiger partial charge is 0.257 e. The predicted octanol–water partition coefficient (Wildman–Crippen LogP) is 1.95. The number of carbonyl (C=O) groups is 1. The third-order valence-electron chi connectivity index (χ3n) is 2.99. The van der Waals surface area contributed by atoms with Gasteiger partial charge in [0.05, 0.1) is 23.5 Å². The SMILES string of the molecule is Cc1cccc(CN(C)C(=O)c2cccc(N)c2O)n1. The summed E-state index contributed by atoms with van der Waals surface area (Å²) in [5.74, 6) is -0.473. The lowest BCUT2D eigenvalue weighted by molar-refractivity contribution is 0.0780. The van der Waals surface area contributed by atoms with E-state index in [4.69, 9.17) is 5.73 Å². The van der Waals surface area contributed by atoms with E-state index in [9.17, 15) is 9.90 Å². The summed E-state index contributed by atoms with van der Waals surface area (Å²) in [6, 6.07) is 10.4. The van der Waals surface area contributed by atoms with Crippen LogP contribution in [0.4, 0.5) is 5.69 Å². The Balaban J connectivity index is 2.19. The molecule has 0 radical (unpaired) electrons. The molecule has 1 amide bonds. The number of amides is 1. The molecule has 0 atom stereocenters. The molecular weight excluding hydrogens is 254 g/mol. The van der Waals surface area contributed by atoms with Crippen molar-refractivity contribution < 1.29 is 9.90 Å². The summed E-state index contributed by atoms with van der Waals surface area (Å²) >= 11 is 0. The first-order valence-corrected chi connectivity index (χ1v) is 6.24. The minimum Gasteiger partial charge on any atom is -0.505 e. The zero-order chi connectivity index (χ0) is 14.7. The number of rotatable bonds is 3. The summed E-state index contributed by atoms with van der Waals surface area (Å²) in [6.07, 6.45) is 0. The number of carbonyl (C=O) groups excluding carboxylic acids is 1. The summed E-state index contributed by atoms with van der Waals surface area (Å²) in [5, 5.41) is 9.84. The number of aromatic nitrogens is 1. The Morgan fingerprint density at radius 2 is 2.00 bits per heavy atom. The van der Waals surface area contributed by atoms with E-state index in [0.717, 1.165) is 11.4 Å². The molecule has 0 unspecified atom stereocenters. The van der Waals surface area contributed by atoms with Crippen LogP contribution in [-0.2, 0) is 6.54 Å². The van der Waals surface area contributed by atoms with Crippen LogP contribution in [0, 0.1) is 6.92 Å². The average Bonchev–Trinajstić information content (AvgIpc) is 2.41. The number of benzene rings is 1. The summed E-state index contributed by atoms with van der Waals surface area (Å²) < 4.78 is 0. The van der Waals surface area contributed by atoms with E-state index in [1.807, 2.05) is 25.1 Å². The van der Waals surface area contributed by atoms with Crippen molar-refractivity contribution in [3.05, 3.63) is 53.3 Å². The third kappa shape index (κ3) is 2.88. The zero-order valence-electron chi connectivity index (χ0n) is 11.5. The van der Waals surface area contributed by atoms with E-state index in [1.165, 1.54) is 4.90 Å². The first-order chi connectivity index (χ1) is 9.49. The van der Waals surface area contributed by atoms with E-state index in [-0.39, 0.29) is 22.9 Å². The van der Waals surface area contributed by atoms with Gasteiger partial charge in [-0.05, 0) is 31.2 Å². The third-order valence-corrected chi connectivity index (χ3v) is 2.99. The fourth-order valence-electron chi connectivity index (χ4n) is 1.94. The molecule has 0 fully saturated rings. The van der Waals surface area contributed by atoms with Crippen LogP contribution in [0.5, 0.6) is 5.75 Å². The molecule has 3 N–H and O–H groups in total. The Labute approximate surface area is 117 Å². The quantitative estimate of drug-likeness (QED) is 0.660. The maximum Gasteiger partial charge on any atom is 0.257 e. The predicted molar refractivity (Wildman–Crippen MR) is 77.3 cm³/mol. The lowest BCUT2D eigenvalue weighted by atomic mass is 10.1. The summed E-state index contributed by atoms with van der Waals surface area (Å²) in [6.45, 7) is 2.27. The second kappa shape index (κ2) is 5.61. The van der Waals surface area contributed by atoms with Gasteiger partial charge in [-0.3, -0.25) is 9.78 Å². The first kappa shape index (κ1) is 13.9. The molecule has 0 saturated heterocycles. The molecule has 5 nitrogen and oxygen atoms in total. The van der Waals surface area contributed by atoms with Crippen molar-refractivity contribution in [1.82, 2.24) is 9.88 Å². The van der Waals surface area contributed by atoms with Crippen LogP contribution < -0.4 is 5.73 Å². The standard InChI is InChI=1S/C15H17N3O2/c1-10-5-3-6-11(17-10)9-18(2)15(20)12-7-4-8-13(16)14(12)19/h3-8,19H,9,16H2,1-2H3. The molecule has 20 heavy (non-hydrogen) atoms. The number of nitrogens with two attached hydrogens (primary N) is 1. The second-order valence-corrected chi connectivity index (χ2v) is 4.67. The number of phenolic OH excluding ortho intramolecular Hbond substituents is 1. The Morgan fingerprint density at radius 1 is 1.30 bits per heavy atom. The Morgan fingerprint density at radius 3 is 2.70 bits per heavy atom. The number of anilines is 1. The molecule has 0 saturated carbocycles. The van der Waals surface area contributed by atoms with Gasteiger partial charge >= 0.3 is 0 Å². The summed E-state index contributed by atoms with van der Waals surface area (Å²) in [7, 11) is 1.66. The summed E-state index contributed by atoms with van der Waals surface area (Å²) in [5.41, 5.74) is 7.68. The van der Waals surface area contributed by atoms with Crippen molar-refractivity contribution in [3.63, 3.8) is 0 Å². The first-order valence-electron chi connectivity index (χ1n) is 6.24. The van der Waals surface area contributed by atoms with Crippen LogP contribution in [0.2, 0.25) is 0 Å². The van der Waals surface area contributed by atoms with Crippen molar-refractivity contribution in [2.24, 2.45) is 0 Å². The van der Waals surface area contributed by atoms with Crippen molar-refractivity contribution in [2.45, 2.75) is 13.5 Å². The van der Waals surface area contributed by atoms with Gasteiger partial charge in [-0.2, -0.15) is 0 Å². The van der Waals surface area contributed by atoms with Crippen molar-refractivity contribution in [1.29, 1.82) is 0 Å². The number of hydrogen-bond donors (Lipinski definition) is 2. The minimum atomic E-state index is -0.293. The molecule has 1 aromatic carbocycles. The van der Waals surface area contributed by atoms with Crippen LogP contribution in [0.1, 0.15) is 21.7 Å². The number of hydrogen-bond acceptors (Lipinski definition) is 4. The normalized spacial score (nSPS) is 10.3. The van der Waals surface area contributed by atoms with Gasteiger partial charge in [0.1, 0.15) is 0 Å². The van der Waals surface area contributed by atoms with E-state index in [0.29, 0.717) is 6.54 Å². The molecule has 1 aromatic heterocycles. The monoisotopic (exact) mass is 271 g/mol. The highest BCUT2D eigenvalue weighted by molar-refractivity contribution is 5.98. The molecule has 0 aliphatic heterocycles. The van der Waals surface area contributed by atoms with Crippen LogP contribution >= 0.6 is 0 Å². The maximum absolute atomic E-state index is 12.3. The molecule has 0 aliphatic carbocycles. The number of aromatic hydroxyl groups is 1. The van der Waals surface area contributed by atoms with Crippen molar-refractivity contribution in [3.8, 4) is 5.75 Å². The topological polar surface area (TPSA) is 79.5 Å². The van der Waals surface area contributed by atoms with Gasteiger partial charge in [-0.15, -0.1) is 0 Å². The van der Waals surface area contributed by atoms with Gasteiger partial charge in [0.2, 0.25) is 0 Å². The second-order valence-electron chi connectivity index (χ2n) is 4.67. The van der Waals surface area contributed by atoms with Gasteiger partial charge in [0.15, 0.2) is 5.75 Å². The molecule has 104 valence electrons. The maximum atomic E-state index is 12.3. The number of nitrogen functional groups attached to an aromatic ring is 1. The van der Waals surface area contributed by atoms with Crippen LogP contribution in [0.25, 0.3) is 0 Å². The minimum absolute atomic E-state index is 0.179. The molecule has 0 bridgehead atoms. The Kier molecular flexibility index (Phi) is 3.89. The molecule has 2 rings (SSSR count). The number of aryl methyl sites for hydroxylation is 1. The number of phenols is 1. The fraction of sp³-hybridized carbons (Fsp3) is 0.200. The molecule has 0 spiro atoms.